The smallest absolute Gasteiger partial charge is 0.264 e. The number of amides is 3. The number of para-hydroxylation sites is 1. The summed E-state index contributed by atoms with van der Waals surface area (Å²) >= 11 is 25.0. The van der Waals surface area contributed by atoms with Gasteiger partial charge in [-0.3, -0.25) is 19.4 Å². The molecule has 4 aliphatic rings. The average Bonchev–Trinajstić information content (AvgIpc) is 3.69. The van der Waals surface area contributed by atoms with Crippen LogP contribution < -0.4 is 4.90 Å². The molecule has 9 nitrogen and oxygen atoms in total. The number of imide groups is 1. The van der Waals surface area contributed by atoms with Crippen LogP contribution in [0.3, 0.4) is 0 Å². The van der Waals surface area contributed by atoms with Crippen molar-refractivity contribution >= 4 is 81.6 Å². The molecule has 3 aromatic carbocycles. The molecular weight excluding hydrogens is 658 g/mol. The van der Waals surface area contributed by atoms with Crippen molar-refractivity contribution in [3.05, 3.63) is 104 Å². The maximum absolute atomic E-state index is 14.1. The molecule has 3 amide bonds. The summed E-state index contributed by atoms with van der Waals surface area (Å²) in [6, 6.07) is 17.0. The largest absolute Gasteiger partial charge is 0.271 e. The molecule has 2 fully saturated rings. The Morgan fingerprint density at radius 1 is 0.867 bits per heavy atom. The Morgan fingerprint density at radius 3 is 2.22 bits per heavy atom. The van der Waals surface area contributed by atoms with Gasteiger partial charge >= 0.3 is 0 Å². The highest BCUT2D eigenvalue weighted by molar-refractivity contribution is 6.42. The predicted octanol–water partition coefficient (Wildman–Crippen LogP) is 7.42. The van der Waals surface area contributed by atoms with Crippen LogP contribution >= 0.6 is 46.4 Å². The van der Waals surface area contributed by atoms with Gasteiger partial charge in [0.05, 0.1) is 27.5 Å². The van der Waals surface area contributed by atoms with Gasteiger partial charge in [-0.25, -0.2) is 9.91 Å². The van der Waals surface area contributed by atoms with Crippen LogP contribution in [-0.4, -0.2) is 52.1 Å². The number of anilines is 1. The number of carbonyl (C=O) groups excluding carboxylic acids is 3. The SMILES string of the molecule is O=C1[C@@H]2[C@@H](N=NN2CC(=O)N2N=C3/C(=C/c4ccc(Cl)cc4)CCC[C@H]3[C@H]2c2ccc(Cl)cc2)C(=O)N1c1c(Cl)cccc1Cl. The van der Waals surface area contributed by atoms with Crippen molar-refractivity contribution in [2.24, 2.45) is 21.4 Å². The zero-order chi connectivity index (χ0) is 31.4. The molecule has 228 valence electrons. The van der Waals surface area contributed by atoms with E-state index in [4.69, 9.17) is 51.5 Å². The van der Waals surface area contributed by atoms with E-state index in [0.29, 0.717) is 10.0 Å². The minimum atomic E-state index is -1.12. The number of halogens is 4. The van der Waals surface area contributed by atoms with Gasteiger partial charge in [0.25, 0.3) is 17.7 Å². The Hall–Kier alpha value is -3.76. The fraction of sp³-hybridized carbons (Fsp3) is 0.250. The lowest BCUT2D eigenvalue weighted by Gasteiger charge is -2.30. The van der Waals surface area contributed by atoms with Crippen LogP contribution in [0.15, 0.2) is 87.7 Å². The first-order chi connectivity index (χ1) is 21.7. The van der Waals surface area contributed by atoms with Gasteiger partial charge in [-0.15, -0.1) is 0 Å². The quantitative estimate of drug-likeness (QED) is 0.262. The molecule has 45 heavy (non-hydrogen) atoms. The first-order valence-electron chi connectivity index (χ1n) is 14.3. The first-order valence-corrected chi connectivity index (χ1v) is 15.8. The summed E-state index contributed by atoms with van der Waals surface area (Å²) < 4.78 is 0. The van der Waals surface area contributed by atoms with Crippen molar-refractivity contribution < 1.29 is 14.4 Å². The summed E-state index contributed by atoms with van der Waals surface area (Å²) in [7, 11) is 0. The average molecular weight is 682 g/mol. The lowest BCUT2D eigenvalue weighted by Crippen LogP contribution is -2.45. The second-order valence-electron chi connectivity index (χ2n) is 11.2. The summed E-state index contributed by atoms with van der Waals surface area (Å²) in [5.74, 6) is -1.66. The Labute approximate surface area is 278 Å². The molecule has 0 bridgehead atoms. The number of benzene rings is 3. The first kappa shape index (κ1) is 29.9. The lowest BCUT2D eigenvalue weighted by atomic mass is 9.77. The maximum atomic E-state index is 14.1. The van der Waals surface area contributed by atoms with Crippen LogP contribution in [0, 0.1) is 5.92 Å². The molecule has 0 radical (unpaired) electrons. The van der Waals surface area contributed by atoms with Gasteiger partial charge < -0.3 is 0 Å². The van der Waals surface area contributed by atoms with E-state index in [0.717, 1.165) is 46.6 Å². The molecule has 3 aliphatic heterocycles. The molecular formula is C32H24Cl4N6O3. The number of hydrazone groups is 1. The molecule has 3 aromatic rings. The highest BCUT2D eigenvalue weighted by Crippen LogP contribution is 2.45. The van der Waals surface area contributed by atoms with Crippen molar-refractivity contribution in [1.29, 1.82) is 0 Å². The van der Waals surface area contributed by atoms with Crippen LogP contribution in [-0.2, 0) is 14.4 Å². The van der Waals surface area contributed by atoms with Gasteiger partial charge in [0.15, 0.2) is 12.1 Å². The number of hydrogen-bond donors (Lipinski definition) is 0. The van der Waals surface area contributed by atoms with Crippen LogP contribution in [0.5, 0.6) is 0 Å². The summed E-state index contributed by atoms with van der Waals surface area (Å²) in [4.78, 5) is 41.9. The van der Waals surface area contributed by atoms with E-state index >= 15 is 0 Å². The third-order valence-electron chi connectivity index (χ3n) is 8.50. The van der Waals surface area contributed by atoms with Gasteiger partial charge in [0.1, 0.15) is 6.54 Å². The minimum absolute atomic E-state index is 0.0528. The fourth-order valence-corrected chi connectivity index (χ4v) is 7.27. The predicted molar refractivity (Wildman–Crippen MR) is 173 cm³/mol. The fourth-order valence-electron chi connectivity index (χ4n) is 6.45. The van der Waals surface area contributed by atoms with Crippen molar-refractivity contribution in [3.8, 4) is 0 Å². The Kier molecular flexibility index (Phi) is 7.90. The van der Waals surface area contributed by atoms with E-state index in [1.54, 1.807) is 30.3 Å². The molecule has 0 aromatic heterocycles. The number of fused-ring (bicyclic) bond motifs is 2. The Bertz CT molecular complexity index is 1790. The molecule has 0 unspecified atom stereocenters. The second kappa shape index (κ2) is 11.9. The molecule has 4 atom stereocenters. The van der Waals surface area contributed by atoms with Crippen LogP contribution in [0.25, 0.3) is 6.08 Å². The van der Waals surface area contributed by atoms with Crippen LogP contribution in [0.1, 0.15) is 36.4 Å². The second-order valence-corrected chi connectivity index (χ2v) is 12.9. The van der Waals surface area contributed by atoms with E-state index in [2.05, 4.69) is 16.4 Å². The molecule has 1 saturated heterocycles. The van der Waals surface area contributed by atoms with Gasteiger partial charge in [-0.2, -0.15) is 10.2 Å². The summed E-state index contributed by atoms with van der Waals surface area (Å²) in [6.45, 7) is -0.322. The Balaban J connectivity index is 1.19. The molecule has 3 heterocycles. The topological polar surface area (TPSA) is 98.0 Å². The molecule has 7 rings (SSSR count). The van der Waals surface area contributed by atoms with E-state index in [1.165, 1.54) is 10.0 Å². The van der Waals surface area contributed by atoms with E-state index in [1.807, 2.05) is 36.4 Å². The monoisotopic (exact) mass is 680 g/mol. The van der Waals surface area contributed by atoms with Gasteiger partial charge in [-0.1, -0.05) is 82.0 Å². The van der Waals surface area contributed by atoms with Crippen molar-refractivity contribution in [2.45, 2.75) is 37.4 Å². The molecule has 0 N–H and O–H groups in total. The molecule has 0 spiro atoms. The van der Waals surface area contributed by atoms with E-state index < -0.39 is 35.8 Å². The summed E-state index contributed by atoms with van der Waals surface area (Å²) in [6.07, 6.45) is 4.66. The third kappa shape index (κ3) is 5.31. The highest BCUT2D eigenvalue weighted by Gasteiger charge is 2.56. The molecule has 1 aliphatic carbocycles. The molecule has 13 heteroatoms. The van der Waals surface area contributed by atoms with Crippen molar-refractivity contribution in [1.82, 2.24) is 10.0 Å². The van der Waals surface area contributed by atoms with Crippen molar-refractivity contribution in [2.75, 3.05) is 11.4 Å². The maximum Gasteiger partial charge on any atom is 0.264 e. The zero-order valence-corrected chi connectivity index (χ0v) is 26.5. The normalized spacial score (nSPS) is 24.8. The summed E-state index contributed by atoms with van der Waals surface area (Å²) in [5.41, 5.74) is 3.85. The van der Waals surface area contributed by atoms with E-state index in [-0.39, 0.29) is 28.2 Å². The number of nitrogens with zero attached hydrogens (tertiary/aromatic N) is 6. The van der Waals surface area contributed by atoms with Gasteiger partial charge in [0, 0.05) is 16.0 Å². The highest BCUT2D eigenvalue weighted by atomic mass is 35.5. The zero-order valence-electron chi connectivity index (χ0n) is 23.5. The summed E-state index contributed by atoms with van der Waals surface area (Å²) in [5, 5.41) is 17.3. The van der Waals surface area contributed by atoms with Gasteiger partial charge in [0.2, 0.25) is 0 Å². The van der Waals surface area contributed by atoms with E-state index in [9.17, 15) is 14.4 Å². The van der Waals surface area contributed by atoms with Crippen molar-refractivity contribution in [3.63, 3.8) is 0 Å². The standard InChI is InChI=1S/C32H24Cl4N6O3/c33-20-11-7-17(8-12-20)15-19-3-1-4-22-26(19)38-42(28(22)18-9-13-21(34)14-10-18)25(43)16-40-30-27(37-39-40)31(44)41(32(30)45)29-23(35)5-2-6-24(29)36/h2,5-15,22,27-28,30H,1,3-4,16H2/b19-15+/t22-,27-,28-,30+/m1/s1. The number of rotatable bonds is 5. The number of hydrogen-bond acceptors (Lipinski definition) is 7. The minimum Gasteiger partial charge on any atom is -0.271 e. The number of carbonyl (C=O) groups is 3. The van der Waals surface area contributed by atoms with Crippen LogP contribution in [0.2, 0.25) is 20.1 Å². The molecule has 1 saturated carbocycles. The van der Waals surface area contributed by atoms with Crippen LogP contribution in [0.4, 0.5) is 5.69 Å². The lowest BCUT2D eigenvalue weighted by molar-refractivity contribution is -0.136. The Morgan fingerprint density at radius 2 is 1.53 bits per heavy atom. The van der Waals surface area contributed by atoms with Gasteiger partial charge in [-0.05, 0) is 78.4 Å². The third-order valence-corrected chi connectivity index (χ3v) is 9.61. The number of allylic oxidation sites excluding steroid dienone is 1.